The highest BCUT2D eigenvalue weighted by Crippen LogP contribution is 2.18. The van der Waals surface area contributed by atoms with Crippen LogP contribution in [0.1, 0.15) is 6.92 Å². The van der Waals surface area contributed by atoms with Crippen molar-refractivity contribution in [1.82, 2.24) is 15.9 Å². The second-order valence-corrected chi connectivity index (χ2v) is 4.98. The van der Waals surface area contributed by atoms with Gasteiger partial charge >= 0.3 is 12.1 Å². The minimum absolute atomic E-state index is 0.247. The first kappa shape index (κ1) is 13.9. The highest BCUT2D eigenvalue weighted by atomic mass is 16.2. The molecule has 2 aromatic rings. The van der Waals surface area contributed by atoms with E-state index < -0.39 is 12.1 Å². The smallest absolute Gasteiger partial charge is 0.307 e. The van der Waals surface area contributed by atoms with E-state index in [1.807, 2.05) is 42.5 Å². The Balaban J connectivity index is 1.68. The first-order chi connectivity index (χ1) is 10.6. The molecule has 3 rings (SSSR count). The van der Waals surface area contributed by atoms with Gasteiger partial charge in [0.25, 0.3) is 0 Å². The number of benzene rings is 2. The van der Waals surface area contributed by atoms with Crippen molar-refractivity contribution in [1.29, 1.82) is 0 Å². The molecular formula is C15H15N5O2. The monoisotopic (exact) mass is 297 g/mol. The molecule has 0 spiro atoms. The number of urea groups is 2. The summed E-state index contributed by atoms with van der Waals surface area (Å²) in [5.41, 5.74) is 6.15. The van der Waals surface area contributed by atoms with E-state index in [2.05, 4.69) is 21.3 Å². The normalized spacial score (nSPS) is 14.3. The van der Waals surface area contributed by atoms with Gasteiger partial charge in [-0.25, -0.2) is 25.4 Å². The first-order valence-corrected chi connectivity index (χ1v) is 6.79. The third kappa shape index (κ3) is 2.98. The summed E-state index contributed by atoms with van der Waals surface area (Å²) in [6.07, 6.45) is 0. The molecule has 0 bridgehead atoms. The number of carbonyl (C=O) groups excluding carboxylic acids is 2. The molecule has 7 nitrogen and oxygen atoms in total. The molecule has 112 valence electrons. The molecule has 0 saturated carbocycles. The summed E-state index contributed by atoms with van der Waals surface area (Å²) in [4.78, 5) is 23.6. The molecule has 0 saturated heterocycles. The lowest BCUT2D eigenvalue weighted by molar-refractivity contribution is 0.177. The quantitative estimate of drug-likeness (QED) is 0.794. The average molecular weight is 297 g/mol. The van der Waals surface area contributed by atoms with Gasteiger partial charge < -0.3 is 5.32 Å². The summed E-state index contributed by atoms with van der Waals surface area (Å²) in [6.45, 7) is 2.01. The van der Waals surface area contributed by atoms with Crippen molar-refractivity contribution in [2.24, 2.45) is 5.10 Å². The number of rotatable bonds is 2. The molecule has 2 aromatic carbocycles. The lowest BCUT2D eigenvalue weighted by atomic mass is 10.1. The molecule has 1 heterocycles. The number of hydrogen-bond donors (Lipinski definition) is 3. The second kappa shape index (κ2) is 5.72. The Morgan fingerprint density at radius 3 is 2.82 bits per heavy atom. The molecule has 4 amide bonds. The van der Waals surface area contributed by atoms with Crippen LogP contribution in [0.25, 0.3) is 10.8 Å². The van der Waals surface area contributed by atoms with E-state index in [1.165, 1.54) is 5.01 Å². The van der Waals surface area contributed by atoms with Gasteiger partial charge in [0, 0.05) is 5.69 Å². The maximum absolute atomic E-state index is 12.0. The SMILES string of the molecule is CC1=NNC(=O)N(NC(=O)Nc2ccc3ccccc3c2)C1. The zero-order chi connectivity index (χ0) is 15.5. The van der Waals surface area contributed by atoms with Crippen LogP contribution in [0.3, 0.4) is 0 Å². The molecule has 22 heavy (non-hydrogen) atoms. The van der Waals surface area contributed by atoms with Crippen LogP contribution < -0.4 is 16.2 Å². The van der Waals surface area contributed by atoms with E-state index in [9.17, 15) is 9.59 Å². The predicted molar refractivity (Wildman–Crippen MR) is 84.4 cm³/mol. The third-order valence-electron chi connectivity index (χ3n) is 3.22. The maximum Gasteiger partial charge on any atom is 0.356 e. The van der Waals surface area contributed by atoms with Gasteiger partial charge in [-0.2, -0.15) is 5.10 Å². The van der Waals surface area contributed by atoms with Gasteiger partial charge in [0.05, 0.1) is 12.3 Å². The number of amides is 4. The number of carbonyl (C=O) groups is 2. The molecule has 7 heteroatoms. The zero-order valence-electron chi connectivity index (χ0n) is 12.0. The summed E-state index contributed by atoms with van der Waals surface area (Å²) in [5, 5.41) is 9.78. The van der Waals surface area contributed by atoms with Crippen molar-refractivity contribution < 1.29 is 9.59 Å². The minimum atomic E-state index is -0.486. The van der Waals surface area contributed by atoms with Crippen LogP contribution in [0.2, 0.25) is 0 Å². The summed E-state index contributed by atoms with van der Waals surface area (Å²) < 4.78 is 0. The average Bonchev–Trinajstić information content (AvgIpc) is 2.51. The number of hydrazone groups is 1. The first-order valence-electron chi connectivity index (χ1n) is 6.79. The van der Waals surface area contributed by atoms with Crippen LogP contribution in [0, 0.1) is 0 Å². The summed E-state index contributed by atoms with van der Waals surface area (Å²) in [6, 6.07) is 12.5. The van der Waals surface area contributed by atoms with E-state index in [1.54, 1.807) is 6.92 Å². The number of hydrogen-bond acceptors (Lipinski definition) is 3. The minimum Gasteiger partial charge on any atom is -0.307 e. The molecule has 0 fully saturated rings. The molecule has 1 aliphatic heterocycles. The molecule has 1 aliphatic rings. The van der Waals surface area contributed by atoms with Crippen molar-refractivity contribution >= 4 is 34.2 Å². The van der Waals surface area contributed by atoms with Crippen molar-refractivity contribution in [2.45, 2.75) is 6.92 Å². The molecule has 0 unspecified atom stereocenters. The van der Waals surface area contributed by atoms with Crippen LogP contribution in [-0.2, 0) is 0 Å². The standard InChI is InChI=1S/C15H15N5O2/c1-10-9-20(15(22)18-17-10)19-14(21)16-13-7-6-11-4-2-3-5-12(11)8-13/h2-8H,9H2,1H3,(H,18,22)(H2,16,19,21). The zero-order valence-corrected chi connectivity index (χ0v) is 12.0. The number of hydrazine groups is 1. The fourth-order valence-corrected chi connectivity index (χ4v) is 2.18. The van der Waals surface area contributed by atoms with Crippen molar-refractivity contribution in [3.63, 3.8) is 0 Å². The number of nitrogens with one attached hydrogen (secondary N) is 3. The molecule has 3 N–H and O–H groups in total. The molecular weight excluding hydrogens is 282 g/mol. The number of anilines is 1. The van der Waals surface area contributed by atoms with Gasteiger partial charge in [0.2, 0.25) is 0 Å². The van der Waals surface area contributed by atoms with Crippen LogP contribution in [0.15, 0.2) is 47.6 Å². The molecule has 0 radical (unpaired) electrons. The summed E-state index contributed by atoms with van der Waals surface area (Å²) >= 11 is 0. The van der Waals surface area contributed by atoms with Crippen molar-refractivity contribution in [3.05, 3.63) is 42.5 Å². The molecule has 0 atom stereocenters. The predicted octanol–water partition coefficient (Wildman–Crippen LogP) is 2.28. The molecule has 0 aromatic heterocycles. The van der Waals surface area contributed by atoms with E-state index in [0.717, 1.165) is 10.8 Å². The lowest BCUT2D eigenvalue weighted by Gasteiger charge is -2.25. The Labute approximate surface area is 127 Å². The fourth-order valence-electron chi connectivity index (χ4n) is 2.18. The van der Waals surface area contributed by atoms with Gasteiger partial charge in [-0.3, -0.25) is 0 Å². The van der Waals surface area contributed by atoms with Crippen LogP contribution in [0.4, 0.5) is 15.3 Å². The van der Waals surface area contributed by atoms with Crippen LogP contribution >= 0.6 is 0 Å². The van der Waals surface area contributed by atoms with Gasteiger partial charge in [-0.1, -0.05) is 30.3 Å². The summed E-state index contributed by atoms with van der Waals surface area (Å²) in [5.74, 6) is 0. The lowest BCUT2D eigenvalue weighted by Crippen LogP contribution is -2.55. The highest BCUT2D eigenvalue weighted by Gasteiger charge is 2.20. The van der Waals surface area contributed by atoms with Crippen LogP contribution in [0.5, 0.6) is 0 Å². The van der Waals surface area contributed by atoms with Gasteiger partial charge in [-0.05, 0) is 29.8 Å². The number of fused-ring (bicyclic) bond motifs is 1. The Morgan fingerprint density at radius 2 is 2.00 bits per heavy atom. The van der Waals surface area contributed by atoms with E-state index >= 15 is 0 Å². The largest absolute Gasteiger partial charge is 0.356 e. The van der Waals surface area contributed by atoms with Gasteiger partial charge in [0.15, 0.2) is 0 Å². The van der Waals surface area contributed by atoms with E-state index in [-0.39, 0.29) is 6.54 Å². The van der Waals surface area contributed by atoms with Crippen molar-refractivity contribution in [3.8, 4) is 0 Å². The van der Waals surface area contributed by atoms with E-state index in [0.29, 0.717) is 11.4 Å². The van der Waals surface area contributed by atoms with Crippen molar-refractivity contribution in [2.75, 3.05) is 11.9 Å². The Morgan fingerprint density at radius 1 is 1.23 bits per heavy atom. The highest BCUT2D eigenvalue weighted by molar-refractivity contribution is 5.96. The Hall–Kier alpha value is -3.09. The van der Waals surface area contributed by atoms with Gasteiger partial charge in [0.1, 0.15) is 0 Å². The topological polar surface area (TPSA) is 85.8 Å². The maximum atomic E-state index is 12.0. The number of nitrogens with zero attached hydrogens (tertiary/aromatic N) is 2. The molecule has 0 aliphatic carbocycles. The second-order valence-electron chi connectivity index (χ2n) is 4.98. The Kier molecular flexibility index (Phi) is 3.61. The van der Waals surface area contributed by atoms with E-state index in [4.69, 9.17) is 0 Å². The van der Waals surface area contributed by atoms with Gasteiger partial charge in [-0.15, -0.1) is 0 Å². The third-order valence-corrected chi connectivity index (χ3v) is 3.22. The Bertz CT molecular complexity index is 771. The summed E-state index contributed by atoms with van der Waals surface area (Å²) in [7, 11) is 0. The fraction of sp³-hybridized carbons (Fsp3) is 0.133. The van der Waals surface area contributed by atoms with Crippen LogP contribution in [-0.4, -0.2) is 29.3 Å².